The maximum Gasteiger partial charge on any atom is 0.341 e. The van der Waals surface area contributed by atoms with E-state index in [1.165, 1.54) is 18.6 Å². The predicted molar refractivity (Wildman–Crippen MR) is 75.2 cm³/mol. The van der Waals surface area contributed by atoms with Crippen molar-refractivity contribution < 1.29 is 23.5 Å². The Kier molecular flexibility index (Phi) is 4.98. The SMILES string of the molecule is CCOc1ccc(NC(=O)COC(=O)c2ccoc2)cc1. The molecule has 0 bridgehead atoms. The Labute approximate surface area is 121 Å². The molecule has 1 aromatic heterocycles. The van der Waals surface area contributed by atoms with Crippen LogP contribution in [0.4, 0.5) is 5.69 Å². The number of carbonyl (C=O) groups excluding carboxylic acids is 2. The van der Waals surface area contributed by atoms with Crippen molar-refractivity contribution in [1.29, 1.82) is 0 Å². The molecule has 110 valence electrons. The molecule has 21 heavy (non-hydrogen) atoms. The molecule has 0 saturated heterocycles. The lowest BCUT2D eigenvalue weighted by Crippen LogP contribution is -2.20. The van der Waals surface area contributed by atoms with E-state index in [9.17, 15) is 9.59 Å². The van der Waals surface area contributed by atoms with Crippen molar-refractivity contribution in [2.75, 3.05) is 18.5 Å². The molecule has 0 saturated carbocycles. The van der Waals surface area contributed by atoms with E-state index in [-0.39, 0.29) is 12.2 Å². The van der Waals surface area contributed by atoms with Crippen LogP contribution in [0.15, 0.2) is 47.3 Å². The van der Waals surface area contributed by atoms with Crippen LogP contribution in [0, 0.1) is 0 Å². The van der Waals surface area contributed by atoms with Gasteiger partial charge in [0.2, 0.25) is 0 Å². The molecule has 6 heteroatoms. The highest BCUT2D eigenvalue weighted by Gasteiger charge is 2.11. The van der Waals surface area contributed by atoms with Gasteiger partial charge >= 0.3 is 5.97 Å². The van der Waals surface area contributed by atoms with Crippen molar-refractivity contribution in [2.45, 2.75) is 6.92 Å². The lowest BCUT2D eigenvalue weighted by molar-refractivity contribution is -0.119. The van der Waals surface area contributed by atoms with Crippen molar-refractivity contribution in [2.24, 2.45) is 0 Å². The van der Waals surface area contributed by atoms with Crippen LogP contribution in [0.1, 0.15) is 17.3 Å². The molecule has 0 spiro atoms. The van der Waals surface area contributed by atoms with Crippen LogP contribution in [0.5, 0.6) is 5.75 Å². The summed E-state index contributed by atoms with van der Waals surface area (Å²) in [6.45, 7) is 2.11. The van der Waals surface area contributed by atoms with Crippen LogP contribution < -0.4 is 10.1 Å². The van der Waals surface area contributed by atoms with Gasteiger partial charge in [0.1, 0.15) is 12.0 Å². The van der Waals surface area contributed by atoms with Gasteiger partial charge in [-0.25, -0.2) is 4.79 Å². The molecule has 0 radical (unpaired) electrons. The average molecular weight is 289 g/mol. The molecule has 1 amide bonds. The third-order valence-electron chi connectivity index (χ3n) is 2.54. The number of hydrogen-bond donors (Lipinski definition) is 1. The summed E-state index contributed by atoms with van der Waals surface area (Å²) >= 11 is 0. The molecule has 0 aliphatic heterocycles. The molecule has 6 nitrogen and oxygen atoms in total. The zero-order chi connectivity index (χ0) is 15.1. The number of rotatable bonds is 6. The summed E-state index contributed by atoms with van der Waals surface area (Å²) in [7, 11) is 0. The van der Waals surface area contributed by atoms with Gasteiger partial charge in [-0.15, -0.1) is 0 Å². The fraction of sp³-hybridized carbons (Fsp3) is 0.200. The van der Waals surface area contributed by atoms with Crippen LogP contribution in [0.3, 0.4) is 0 Å². The molecule has 1 heterocycles. The molecule has 0 unspecified atom stereocenters. The van der Waals surface area contributed by atoms with Gasteiger partial charge in [0.25, 0.3) is 5.91 Å². The second kappa shape index (κ2) is 7.14. The fourth-order valence-corrected chi connectivity index (χ4v) is 1.59. The van der Waals surface area contributed by atoms with Gasteiger partial charge in [0.05, 0.1) is 18.4 Å². The quantitative estimate of drug-likeness (QED) is 0.826. The van der Waals surface area contributed by atoms with Crippen molar-refractivity contribution in [1.82, 2.24) is 0 Å². The van der Waals surface area contributed by atoms with Gasteiger partial charge < -0.3 is 19.2 Å². The fourth-order valence-electron chi connectivity index (χ4n) is 1.59. The first-order valence-corrected chi connectivity index (χ1v) is 6.41. The van der Waals surface area contributed by atoms with Crippen LogP contribution >= 0.6 is 0 Å². The van der Waals surface area contributed by atoms with E-state index in [2.05, 4.69) is 5.32 Å². The van der Waals surface area contributed by atoms with Gasteiger partial charge in [-0.05, 0) is 37.3 Å². The molecule has 0 aliphatic rings. The Hall–Kier alpha value is -2.76. The minimum Gasteiger partial charge on any atom is -0.494 e. The minimum absolute atomic E-state index is 0.267. The third kappa shape index (κ3) is 4.38. The summed E-state index contributed by atoms with van der Waals surface area (Å²) in [5.74, 6) is -0.302. The predicted octanol–water partition coefficient (Wildman–Crippen LogP) is 2.47. The number of nitrogens with one attached hydrogen (secondary N) is 1. The molecule has 1 aromatic carbocycles. The van der Waals surface area contributed by atoms with Crippen molar-refractivity contribution in [3.8, 4) is 5.75 Å². The number of ether oxygens (including phenoxy) is 2. The Balaban J connectivity index is 1.80. The van der Waals surface area contributed by atoms with E-state index in [4.69, 9.17) is 13.9 Å². The largest absolute Gasteiger partial charge is 0.494 e. The van der Waals surface area contributed by atoms with E-state index in [0.717, 1.165) is 5.75 Å². The van der Waals surface area contributed by atoms with E-state index in [0.29, 0.717) is 12.3 Å². The monoisotopic (exact) mass is 289 g/mol. The molecule has 2 aromatic rings. The summed E-state index contributed by atoms with van der Waals surface area (Å²) in [6.07, 6.45) is 2.61. The summed E-state index contributed by atoms with van der Waals surface area (Å²) in [5, 5.41) is 2.62. The maximum atomic E-state index is 11.7. The van der Waals surface area contributed by atoms with E-state index < -0.39 is 11.9 Å². The van der Waals surface area contributed by atoms with Gasteiger partial charge in [-0.2, -0.15) is 0 Å². The molecule has 0 fully saturated rings. The number of furan rings is 1. The van der Waals surface area contributed by atoms with E-state index in [1.807, 2.05) is 6.92 Å². The second-order valence-electron chi connectivity index (χ2n) is 4.09. The number of esters is 1. The number of hydrogen-bond acceptors (Lipinski definition) is 5. The van der Waals surface area contributed by atoms with Crippen LogP contribution in [0.25, 0.3) is 0 Å². The zero-order valence-corrected chi connectivity index (χ0v) is 11.5. The third-order valence-corrected chi connectivity index (χ3v) is 2.54. The molecule has 2 rings (SSSR count). The van der Waals surface area contributed by atoms with Gasteiger partial charge in [0, 0.05) is 5.69 Å². The Morgan fingerprint density at radius 2 is 1.95 bits per heavy atom. The standard InChI is InChI=1S/C15H15NO5/c1-2-20-13-5-3-12(4-6-13)16-14(17)10-21-15(18)11-7-8-19-9-11/h3-9H,2,10H2,1H3,(H,16,17). The number of carbonyl (C=O) groups is 2. The molecular weight excluding hydrogens is 274 g/mol. The summed E-state index contributed by atoms with van der Waals surface area (Å²) < 4.78 is 14.9. The normalized spacial score (nSPS) is 9.95. The van der Waals surface area contributed by atoms with Gasteiger partial charge in [-0.3, -0.25) is 4.79 Å². The highest BCUT2D eigenvalue weighted by atomic mass is 16.5. The lowest BCUT2D eigenvalue weighted by atomic mass is 10.3. The van der Waals surface area contributed by atoms with Crippen LogP contribution in [0.2, 0.25) is 0 Å². The zero-order valence-electron chi connectivity index (χ0n) is 11.5. The molecular formula is C15H15NO5. The number of anilines is 1. The van der Waals surface area contributed by atoms with Gasteiger partial charge in [-0.1, -0.05) is 0 Å². The minimum atomic E-state index is -0.606. The first kappa shape index (κ1) is 14.6. The molecule has 0 aliphatic carbocycles. The van der Waals surface area contributed by atoms with Crippen molar-refractivity contribution in [3.63, 3.8) is 0 Å². The van der Waals surface area contributed by atoms with Gasteiger partial charge in [0.15, 0.2) is 6.61 Å². The highest BCUT2D eigenvalue weighted by molar-refractivity contribution is 5.95. The summed E-state index contributed by atoms with van der Waals surface area (Å²) in [6, 6.07) is 8.38. The first-order valence-electron chi connectivity index (χ1n) is 6.41. The highest BCUT2D eigenvalue weighted by Crippen LogP contribution is 2.15. The number of benzene rings is 1. The lowest BCUT2D eigenvalue weighted by Gasteiger charge is -2.07. The number of amides is 1. The first-order chi connectivity index (χ1) is 10.2. The Morgan fingerprint density at radius 1 is 1.19 bits per heavy atom. The molecule has 0 atom stereocenters. The topological polar surface area (TPSA) is 77.8 Å². The summed E-state index contributed by atoms with van der Waals surface area (Å²) in [4.78, 5) is 23.2. The summed E-state index contributed by atoms with van der Waals surface area (Å²) in [5.41, 5.74) is 0.867. The van der Waals surface area contributed by atoms with Crippen molar-refractivity contribution in [3.05, 3.63) is 48.4 Å². The average Bonchev–Trinajstić information content (AvgIpc) is 3.01. The Morgan fingerprint density at radius 3 is 2.57 bits per heavy atom. The van der Waals surface area contributed by atoms with Crippen molar-refractivity contribution >= 4 is 17.6 Å². The second-order valence-corrected chi connectivity index (χ2v) is 4.09. The molecule has 1 N–H and O–H groups in total. The Bertz CT molecular complexity index is 589. The van der Waals surface area contributed by atoms with Crippen LogP contribution in [-0.4, -0.2) is 25.1 Å². The smallest absolute Gasteiger partial charge is 0.341 e. The van der Waals surface area contributed by atoms with E-state index >= 15 is 0 Å². The van der Waals surface area contributed by atoms with Crippen LogP contribution in [-0.2, 0) is 9.53 Å². The van der Waals surface area contributed by atoms with E-state index in [1.54, 1.807) is 24.3 Å². The maximum absolute atomic E-state index is 11.7.